The van der Waals surface area contributed by atoms with E-state index >= 15 is 0 Å². The van der Waals surface area contributed by atoms with Crippen molar-refractivity contribution in [3.05, 3.63) is 102 Å². The Morgan fingerprint density at radius 1 is 0.882 bits per heavy atom. The molecule has 6 heteroatoms. The lowest BCUT2D eigenvalue weighted by Crippen LogP contribution is -2.42. The molecule has 4 rings (SSSR count). The third-order valence-electron chi connectivity index (χ3n) is 5.83. The topological polar surface area (TPSA) is 57.2 Å². The van der Waals surface area contributed by atoms with Gasteiger partial charge in [0.2, 0.25) is 0 Å². The highest BCUT2D eigenvalue weighted by Gasteiger charge is 2.48. The van der Waals surface area contributed by atoms with E-state index in [1.54, 1.807) is 18.9 Å². The predicted molar refractivity (Wildman–Crippen MR) is 134 cm³/mol. The van der Waals surface area contributed by atoms with Crippen molar-refractivity contribution in [2.45, 2.75) is 54.9 Å². The fraction of sp³-hybridized carbons (Fsp3) is 0.357. The summed E-state index contributed by atoms with van der Waals surface area (Å²) in [5, 5.41) is 11.0. The van der Waals surface area contributed by atoms with E-state index in [1.807, 2.05) is 60.7 Å². The normalized spacial score (nSPS) is 23.1. The molecular weight excluding hydrogens is 448 g/mol. The van der Waals surface area contributed by atoms with Gasteiger partial charge in [-0.2, -0.15) is 0 Å². The molecule has 1 aliphatic heterocycles. The number of methoxy groups -OCH3 is 1. The van der Waals surface area contributed by atoms with Crippen molar-refractivity contribution in [3.63, 3.8) is 0 Å². The molecule has 1 saturated heterocycles. The third-order valence-corrected chi connectivity index (χ3v) is 7.14. The maximum absolute atomic E-state index is 11.3. The van der Waals surface area contributed by atoms with Gasteiger partial charge in [-0.25, -0.2) is 0 Å². The number of benzene rings is 3. The SMILES string of the molecule is CO[C@H]1O[C@H]([C@@H](COCc2ccccc2)OCc2ccccc2)[C@@H](O)[C@@H]1Sc1ccc(C)cc1. The third kappa shape index (κ3) is 6.69. The van der Waals surface area contributed by atoms with Gasteiger partial charge in [-0.15, -0.1) is 11.8 Å². The molecule has 0 unspecified atom stereocenters. The molecule has 0 aliphatic carbocycles. The maximum Gasteiger partial charge on any atom is 0.172 e. The first kappa shape index (κ1) is 24.9. The zero-order valence-electron chi connectivity index (χ0n) is 19.6. The summed E-state index contributed by atoms with van der Waals surface area (Å²) >= 11 is 1.56. The number of aliphatic hydroxyl groups is 1. The first-order valence-corrected chi connectivity index (χ1v) is 12.4. The summed E-state index contributed by atoms with van der Waals surface area (Å²) in [7, 11) is 1.61. The van der Waals surface area contributed by atoms with Crippen LogP contribution in [0, 0.1) is 6.92 Å². The van der Waals surface area contributed by atoms with Crippen molar-refractivity contribution in [1.82, 2.24) is 0 Å². The van der Waals surface area contributed by atoms with E-state index in [2.05, 4.69) is 31.2 Å². The maximum atomic E-state index is 11.3. The van der Waals surface area contributed by atoms with Gasteiger partial charge in [0, 0.05) is 12.0 Å². The summed E-state index contributed by atoms with van der Waals surface area (Å²) < 4.78 is 24.1. The lowest BCUT2D eigenvalue weighted by atomic mass is 10.1. The molecule has 0 bridgehead atoms. The molecule has 1 fully saturated rings. The van der Waals surface area contributed by atoms with Gasteiger partial charge in [0.1, 0.15) is 18.3 Å². The Labute approximate surface area is 206 Å². The van der Waals surface area contributed by atoms with Crippen LogP contribution in [0.3, 0.4) is 0 Å². The molecule has 3 aromatic carbocycles. The zero-order chi connectivity index (χ0) is 23.8. The van der Waals surface area contributed by atoms with Crippen LogP contribution in [0.1, 0.15) is 16.7 Å². The van der Waals surface area contributed by atoms with Crippen molar-refractivity contribution >= 4 is 11.8 Å². The Balaban J connectivity index is 1.45. The first-order valence-electron chi connectivity index (χ1n) is 11.5. The second-order valence-electron chi connectivity index (χ2n) is 8.43. The van der Waals surface area contributed by atoms with Crippen molar-refractivity contribution in [2.24, 2.45) is 0 Å². The first-order chi connectivity index (χ1) is 16.6. The lowest BCUT2D eigenvalue weighted by molar-refractivity contribution is -0.170. The monoisotopic (exact) mass is 480 g/mol. The molecule has 0 spiro atoms. The summed E-state index contributed by atoms with van der Waals surface area (Å²) in [6.45, 7) is 3.21. The number of hydrogen-bond donors (Lipinski definition) is 1. The largest absolute Gasteiger partial charge is 0.389 e. The number of aliphatic hydroxyl groups excluding tert-OH is 1. The van der Waals surface area contributed by atoms with E-state index in [9.17, 15) is 5.11 Å². The summed E-state index contributed by atoms with van der Waals surface area (Å²) in [5.41, 5.74) is 3.33. The van der Waals surface area contributed by atoms with Gasteiger partial charge >= 0.3 is 0 Å². The second kappa shape index (κ2) is 12.5. The Bertz CT molecular complexity index is 983. The minimum atomic E-state index is -0.780. The van der Waals surface area contributed by atoms with Crippen molar-refractivity contribution < 1.29 is 24.1 Å². The number of aryl methyl sites for hydroxylation is 1. The van der Waals surface area contributed by atoms with Crippen LogP contribution in [-0.4, -0.2) is 48.7 Å². The van der Waals surface area contributed by atoms with Gasteiger partial charge in [-0.3, -0.25) is 0 Å². The van der Waals surface area contributed by atoms with E-state index in [-0.39, 0.29) is 5.25 Å². The van der Waals surface area contributed by atoms with Crippen LogP contribution in [0.2, 0.25) is 0 Å². The highest BCUT2D eigenvalue weighted by atomic mass is 32.2. The molecule has 0 saturated carbocycles. The molecule has 0 amide bonds. The predicted octanol–water partition coefficient (Wildman–Crippen LogP) is 4.99. The van der Waals surface area contributed by atoms with Crippen molar-refractivity contribution in [3.8, 4) is 0 Å². The standard InChI is InChI=1S/C28H32O5S/c1-20-13-15-23(16-14-20)34-27-25(29)26(33-28(27)30-2)24(32-18-22-11-7-4-8-12-22)19-31-17-21-9-5-3-6-10-21/h3-16,24-29H,17-19H2,1-2H3/t24-,25-,26-,27+,28+/m1/s1. The summed E-state index contributed by atoms with van der Waals surface area (Å²) in [6.07, 6.45) is -2.37. The van der Waals surface area contributed by atoms with Crippen LogP contribution >= 0.6 is 11.8 Å². The minimum absolute atomic E-state index is 0.283. The molecular formula is C28H32O5S. The van der Waals surface area contributed by atoms with Gasteiger partial charge in [0.15, 0.2) is 6.29 Å². The molecule has 5 atom stereocenters. The molecule has 5 nitrogen and oxygen atoms in total. The zero-order valence-corrected chi connectivity index (χ0v) is 20.4. The molecule has 1 heterocycles. The van der Waals surface area contributed by atoms with Crippen LogP contribution in [0.25, 0.3) is 0 Å². The van der Waals surface area contributed by atoms with Crippen LogP contribution in [0.4, 0.5) is 0 Å². The number of ether oxygens (including phenoxy) is 4. The molecule has 3 aromatic rings. The van der Waals surface area contributed by atoms with Gasteiger partial charge in [0.05, 0.1) is 25.1 Å². The van der Waals surface area contributed by atoms with E-state index < -0.39 is 24.6 Å². The smallest absolute Gasteiger partial charge is 0.172 e. The Hall–Kier alpha value is -2.19. The van der Waals surface area contributed by atoms with E-state index in [0.717, 1.165) is 16.0 Å². The van der Waals surface area contributed by atoms with Gasteiger partial charge in [-0.05, 0) is 30.2 Å². The second-order valence-corrected chi connectivity index (χ2v) is 9.68. The van der Waals surface area contributed by atoms with E-state index in [4.69, 9.17) is 18.9 Å². The lowest BCUT2D eigenvalue weighted by Gasteiger charge is -2.26. The highest BCUT2D eigenvalue weighted by molar-refractivity contribution is 8.00. The molecule has 0 aromatic heterocycles. The van der Waals surface area contributed by atoms with E-state index in [0.29, 0.717) is 19.8 Å². The van der Waals surface area contributed by atoms with Crippen LogP contribution < -0.4 is 0 Å². The average molecular weight is 481 g/mol. The van der Waals surface area contributed by atoms with Crippen molar-refractivity contribution in [1.29, 1.82) is 0 Å². The summed E-state index contributed by atoms with van der Waals surface area (Å²) in [6, 6.07) is 28.2. The fourth-order valence-corrected chi connectivity index (χ4v) is 5.13. The number of rotatable bonds is 11. The highest BCUT2D eigenvalue weighted by Crippen LogP contribution is 2.38. The molecule has 34 heavy (non-hydrogen) atoms. The number of hydrogen-bond acceptors (Lipinski definition) is 6. The van der Waals surface area contributed by atoms with Crippen molar-refractivity contribution in [2.75, 3.05) is 13.7 Å². The average Bonchev–Trinajstić information content (AvgIpc) is 3.19. The fourth-order valence-electron chi connectivity index (χ4n) is 3.94. The summed E-state index contributed by atoms with van der Waals surface area (Å²) in [4.78, 5) is 1.06. The van der Waals surface area contributed by atoms with Gasteiger partial charge < -0.3 is 24.1 Å². The van der Waals surface area contributed by atoms with Crippen LogP contribution in [0.5, 0.6) is 0 Å². The van der Waals surface area contributed by atoms with E-state index in [1.165, 1.54) is 5.56 Å². The van der Waals surface area contributed by atoms with Gasteiger partial charge in [0.25, 0.3) is 0 Å². The molecule has 0 radical (unpaired) electrons. The molecule has 1 N–H and O–H groups in total. The molecule has 180 valence electrons. The number of thioether (sulfide) groups is 1. The van der Waals surface area contributed by atoms with Crippen LogP contribution in [-0.2, 0) is 32.2 Å². The quantitative estimate of drug-likeness (QED) is 0.417. The van der Waals surface area contributed by atoms with Crippen LogP contribution in [0.15, 0.2) is 89.8 Å². The molecule has 1 aliphatic rings. The Morgan fingerprint density at radius 2 is 1.50 bits per heavy atom. The minimum Gasteiger partial charge on any atom is -0.389 e. The summed E-state index contributed by atoms with van der Waals surface area (Å²) in [5.74, 6) is 0. The Morgan fingerprint density at radius 3 is 2.12 bits per heavy atom. The Kier molecular flexibility index (Phi) is 9.16. The van der Waals surface area contributed by atoms with Gasteiger partial charge in [-0.1, -0.05) is 78.4 Å².